The lowest BCUT2D eigenvalue weighted by molar-refractivity contribution is -0.123. The van der Waals surface area contributed by atoms with Gasteiger partial charge in [-0.15, -0.1) is 0 Å². The molecule has 17 heavy (non-hydrogen) atoms. The minimum Gasteiger partial charge on any atom is -0.347 e. The van der Waals surface area contributed by atoms with Gasteiger partial charge in [0.15, 0.2) is 0 Å². The molecular weight excluding hydrogens is 214 g/mol. The monoisotopic (exact) mass is 237 g/mol. The van der Waals surface area contributed by atoms with E-state index in [9.17, 15) is 4.79 Å². The molecule has 1 N–H and O–H groups in total. The maximum Gasteiger partial charge on any atom is 0.225 e. The summed E-state index contributed by atoms with van der Waals surface area (Å²) in [5.41, 5.74) is 0.276. The normalized spacial score (nSPS) is 37.1. The van der Waals surface area contributed by atoms with Gasteiger partial charge in [0.25, 0.3) is 0 Å². The Kier molecular flexibility index (Phi) is 2.18. The Morgan fingerprint density at radius 1 is 1.29 bits per heavy atom. The Balaban J connectivity index is 1.81. The predicted molar refractivity (Wildman–Crippen MR) is 66.7 cm³/mol. The Morgan fingerprint density at radius 2 is 1.94 bits per heavy atom. The van der Waals surface area contributed by atoms with Crippen LogP contribution in [0.3, 0.4) is 0 Å². The first-order valence-electron chi connectivity index (χ1n) is 6.57. The molecule has 0 aromatic rings. The Bertz CT molecular complexity index is 354. The van der Waals surface area contributed by atoms with E-state index in [2.05, 4.69) is 42.9 Å². The average Bonchev–Trinajstić information content (AvgIpc) is 2.65. The third kappa shape index (κ3) is 1.54. The van der Waals surface area contributed by atoms with Gasteiger partial charge >= 0.3 is 0 Å². The van der Waals surface area contributed by atoms with Gasteiger partial charge < -0.3 is 10.2 Å². The van der Waals surface area contributed by atoms with Crippen LogP contribution in [0.2, 0.25) is 0 Å². The molecule has 0 radical (unpaired) electrons. The molecule has 3 saturated heterocycles. The molecule has 3 aliphatic heterocycles. The van der Waals surface area contributed by atoms with E-state index in [1.807, 2.05) is 0 Å². The minimum atomic E-state index is 0.0938. The van der Waals surface area contributed by atoms with Crippen LogP contribution in [0.1, 0.15) is 20.8 Å². The first-order chi connectivity index (χ1) is 7.82. The minimum absolute atomic E-state index is 0.0938. The summed E-state index contributed by atoms with van der Waals surface area (Å²) in [6.45, 7) is 10.8. The molecule has 0 aromatic heterocycles. The topological polar surface area (TPSA) is 35.6 Å². The van der Waals surface area contributed by atoms with Crippen LogP contribution in [0.4, 0.5) is 0 Å². The third-order valence-electron chi connectivity index (χ3n) is 4.79. The largest absolute Gasteiger partial charge is 0.347 e. The van der Waals surface area contributed by atoms with Crippen molar-refractivity contribution >= 4 is 5.91 Å². The van der Waals surface area contributed by atoms with Crippen LogP contribution in [0.5, 0.6) is 0 Å². The second-order valence-electron chi connectivity index (χ2n) is 7.11. The van der Waals surface area contributed by atoms with Crippen molar-refractivity contribution in [3.8, 4) is 0 Å². The molecule has 3 rings (SSSR count). The quantitative estimate of drug-likeness (QED) is 0.651. The van der Waals surface area contributed by atoms with Crippen molar-refractivity contribution in [2.45, 2.75) is 31.8 Å². The lowest BCUT2D eigenvalue weighted by Gasteiger charge is -2.49. The maximum absolute atomic E-state index is 12.1. The number of amides is 1. The number of likely N-dealkylation sites (N-methyl/N-ethyl adjacent to an activating group) is 1. The number of carbonyl (C=O) groups excluding carboxylic acids is 1. The zero-order chi connectivity index (χ0) is 12.4. The fourth-order valence-corrected chi connectivity index (χ4v) is 3.84. The smallest absolute Gasteiger partial charge is 0.225 e. The second-order valence-corrected chi connectivity index (χ2v) is 7.11. The van der Waals surface area contributed by atoms with Crippen molar-refractivity contribution in [3.63, 3.8) is 0 Å². The van der Waals surface area contributed by atoms with Gasteiger partial charge in [0, 0.05) is 37.6 Å². The molecule has 0 saturated carbocycles. The van der Waals surface area contributed by atoms with Crippen molar-refractivity contribution in [1.29, 1.82) is 0 Å². The zero-order valence-corrected chi connectivity index (χ0v) is 11.3. The van der Waals surface area contributed by atoms with Crippen LogP contribution < -0.4 is 5.32 Å². The number of nitrogens with one attached hydrogen (secondary N) is 1. The number of carbonyl (C=O) groups is 1. The van der Waals surface area contributed by atoms with E-state index in [4.69, 9.17) is 0 Å². The lowest BCUT2D eigenvalue weighted by Crippen LogP contribution is -2.69. The van der Waals surface area contributed by atoms with Crippen molar-refractivity contribution in [1.82, 2.24) is 15.1 Å². The molecule has 3 aliphatic rings. The molecular formula is C13H23N3O. The molecule has 0 aliphatic carbocycles. The number of hydrogen-bond acceptors (Lipinski definition) is 3. The highest BCUT2D eigenvalue weighted by Crippen LogP contribution is 2.44. The summed E-state index contributed by atoms with van der Waals surface area (Å²) in [4.78, 5) is 16.9. The highest BCUT2D eigenvalue weighted by molar-refractivity contribution is 5.84. The summed E-state index contributed by atoms with van der Waals surface area (Å²) in [7, 11) is 2.13. The van der Waals surface area contributed by atoms with Gasteiger partial charge in [-0.1, -0.05) is 0 Å². The first kappa shape index (κ1) is 11.5. The van der Waals surface area contributed by atoms with E-state index >= 15 is 0 Å². The molecule has 3 fully saturated rings. The average molecular weight is 237 g/mol. The predicted octanol–water partition coefficient (Wildman–Crippen LogP) is 0.147. The highest BCUT2D eigenvalue weighted by atomic mass is 16.2. The van der Waals surface area contributed by atoms with Crippen molar-refractivity contribution in [2.75, 3.05) is 33.2 Å². The second kappa shape index (κ2) is 3.23. The van der Waals surface area contributed by atoms with Crippen LogP contribution in [0.25, 0.3) is 0 Å². The summed E-state index contributed by atoms with van der Waals surface area (Å²) >= 11 is 0. The Hall–Kier alpha value is -0.610. The van der Waals surface area contributed by atoms with E-state index < -0.39 is 0 Å². The molecule has 4 heteroatoms. The number of fused-ring (bicyclic) bond motifs is 2. The molecule has 4 nitrogen and oxygen atoms in total. The summed E-state index contributed by atoms with van der Waals surface area (Å²) < 4.78 is 0. The fourth-order valence-electron chi connectivity index (χ4n) is 3.84. The molecule has 3 heterocycles. The SMILES string of the molecule is CN1CC2(C1)NC(=O)C1CN(C(C)(C)C)CC12. The molecule has 0 bridgehead atoms. The molecule has 2 unspecified atom stereocenters. The summed E-state index contributed by atoms with van der Waals surface area (Å²) in [6.07, 6.45) is 0. The molecule has 0 aromatic carbocycles. The van der Waals surface area contributed by atoms with Gasteiger partial charge in [-0.05, 0) is 27.8 Å². The van der Waals surface area contributed by atoms with E-state index in [0.717, 1.165) is 26.2 Å². The molecule has 96 valence electrons. The van der Waals surface area contributed by atoms with Crippen LogP contribution in [-0.4, -0.2) is 60.0 Å². The molecule has 1 amide bonds. The number of likely N-dealkylation sites (tertiary alicyclic amines) is 2. The summed E-state index contributed by atoms with van der Waals surface area (Å²) in [5, 5.41) is 3.26. The van der Waals surface area contributed by atoms with Crippen LogP contribution in [0, 0.1) is 11.8 Å². The maximum atomic E-state index is 12.1. The van der Waals surface area contributed by atoms with Gasteiger partial charge in [-0.2, -0.15) is 0 Å². The fraction of sp³-hybridized carbons (Fsp3) is 0.923. The van der Waals surface area contributed by atoms with Gasteiger partial charge in [0.2, 0.25) is 5.91 Å². The standard InChI is InChI=1S/C13H23N3O/c1-12(2,3)16-5-9-10(6-16)13(14-11(9)17)7-15(4)8-13/h9-10H,5-8H2,1-4H3,(H,14,17). The van der Waals surface area contributed by atoms with Gasteiger partial charge in [0.1, 0.15) is 0 Å². The molecule has 1 spiro atoms. The molecule has 2 atom stereocenters. The van der Waals surface area contributed by atoms with Crippen LogP contribution in [0.15, 0.2) is 0 Å². The van der Waals surface area contributed by atoms with Gasteiger partial charge in [-0.25, -0.2) is 0 Å². The Morgan fingerprint density at radius 3 is 2.47 bits per heavy atom. The van der Waals surface area contributed by atoms with Gasteiger partial charge in [-0.3, -0.25) is 9.69 Å². The number of rotatable bonds is 0. The van der Waals surface area contributed by atoms with Crippen LogP contribution >= 0.6 is 0 Å². The highest BCUT2D eigenvalue weighted by Gasteiger charge is 2.61. The van der Waals surface area contributed by atoms with E-state index in [0.29, 0.717) is 5.92 Å². The third-order valence-corrected chi connectivity index (χ3v) is 4.79. The lowest BCUT2D eigenvalue weighted by atomic mass is 9.77. The first-order valence-corrected chi connectivity index (χ1v) is 6.57. The van der Waals surface area contributed by atoms with E-state index in [1.165, 1.54) is 0 Å². The van der Waals surface area contributed by atoms with E-state index in [-0.39, 0.29) is 22.9 Å². The Labute approximate surface area is 103 Å². The van der Waals surface area contributed by atoms with Crippen LogP contribution in [-0.2, 0) is 4.79 Å². The summed E-state index contributed by atoms with van der Waals surface area (Å²) in [5.74, 6) is 1.03. The zero-order valence-electron chi connectivity index (χ0n) is 11.3. The number of hydrogen-bond donors (Lipinski definition) is 1. The van der Waals surface area contributed by atoms with Crippen molar-refractivity contribution < 1.29 is 4.79 Å². The van der Waals surface area contributed by atoms with Crippen molar-refractivity contribution in [3.05, 3.63) is 0 Å². The van der Waals surface area contributed by atoms with E-state index in [1.54, 1.807) is 0 Å². The summed E-state index contributed by atoms with van der Waals surface area (Å²) in [6, 6.07) is 0. The number of nitrogens with zero attached hydrogens (tertiary/aromatic N) is 2. The van der Waals surface area contributed by atoms with Gasteiger partial charge in [0.05, 0.1) is 11.5 Å². The van der Waals surface area contributed by atoms with Crippen molar-refractivity contribution in [2.24, 2.45) is 11.8 Å².